The Bertz CT molecular complexity index is 1240. The van der Waals surface area contributed by atoms with Gasteiger partial charge in [-0.05, 0) is 67.6 Å². The standard InChI is InChI=1S/C28H24FN3P/c1-22-28(32(31-30-22)24-19-17-23(29)18-20-24)21-33(25-11-5-2-6-12-25,26-13-7-3-8-14-26)27-15-9-4-10-16-27/h2-20H,21H2,1H3/q+1. The lowest BCUT2D eigenvalue weighted by molar-refractivity contribution is 0.626. The number of rotatable bonds is 6. The molecule has 0 spiro atoms. The van der Waals surface area contributed by atoms with Crippen LogP contribution in [0.2, 0.25) is 0 Å². The van der Waals surface area contributed by atoms with Gasteiger partial charge in [-0.2, -0.15) is 0 Å². The zero-order chi connectivity index (χ0) is 22.7. The molecular weight excluding hydrogens is 428 g/mol. The van der Waals surface area contributed by atoms with Gasteiger partial charge in [-0.1, -0.05) is 59.8 Å². The molecular formula is C28H24FN3P+. The van der Waals surface area contributed by atoms with Gasteiger partial charge in [0.05, 0.1) is 11.4 Å². The molecule has 0 aliphatic carbocycles. The Morgan fingerprint density at radius 2 is 1.12 bits per heavy atom. The summed E-state index contributed by atoms with van der Waals surface area (Å²) in [6.07, 6.45) is 0.751. The third-order valence-corrected chi connectivity index (χ3v) is 10.3. The Hall–Kier alpha value is -3.62. The second-order valence-corrected chi connectivity index (χ2v) is 11.5. The average molecular weight is 452 g/mol. The van der Waals surface area contributed by atoms with Crippen LogP contribution in [0, 0.1) is 12.7 Å². The van der Waals surface area contributed by atoms with E-state index in [0.717, 1.165) is 23.2 Å². The van der Waals surface area contributed by atoms with E-state index in [1.807, 2.05) is 11.6 Å². The first-order valence-electron chi connectivity index (χ1n) is 10.9. The van der Waals surface area contributed by atoms with Crippen molar-refractivity contribution in [2.24, 2.45) is 0 Å². The smallest absolute Gasteiger partial charge is 0.123 e. The molecule has 0 bridgehead atoms. The van der Waals surface area contributed by atoms with Gasteiger partial charge < -0.3 is 0 Å². The van der Waals surface area contributed by atoms with Gasteiger partial charge in [-0.15, -0.1) is 5.10 Å². The van der Waals surface area contributed by atoms with Crippen LogP contribution in [0.15, 0.2) is 115 Å². The number of hydrogen-bond donors (Lipinski definition) is 0. The molecule has 0 saturated carbocycles. The third kappa shape index (κ3) is 3.99. The Balaban J connectivity index is 1.77. The van der Waals surface area contributed by atoms with E-state index in [-0.39, 0.29) is 5.82 Å². The summed E-state index contributed by atoms with van der Waals surface area (Å²) in [7, 11) is -2.10. The van der Waals surface area contributed by atoms with E-state index in [4.69, 9.17) is 0 Å². The molecule has 0 aliphatic rings. The van der Waals surface area contributed by atoms with Gasteiger partial charge in [0.25, 0.3) is 0 Å². The quantitative estimate of drug-likeness (QED) is 0.331. The number of benzene rings is 4. The molecule has 5 rings (SSSR count). The Morgan fingerprint density at radius 1 is 0.667 bits per heavy atom. The lowest BCUT2D eigenvalue weighted by Crippen LogP contribution is -2.33. The number of aromatic nitrogens is 3. The number of nitrogens with zero attached hydrogens (tertiary/aromatic N) is 3. The summed E-state index contributed by atoms with van der Waals surface area (Å²) in [5.41, 5.74) is 2.72. The largest absolute Gasteiger partial charge is 0.214 e. The van der Waals surface area contributed by atoms with Gasteiger partial charge in [-0.25, -0.2) is 9.07 Å². The Morgan fingerprint density at radius 3 is 1.58 bits per heavy atom. The van der Waals surface area contributed by atoms with Crippen LogP contribution in [-0.2, 0) is 6.16 Å². The van der Waals surface area contributed by atoms with Crippen molar-refractivity contribution >= 4 is 23.2 Å². The van der Waals surface area contributed by atoms with Crippen LogP contribution in [0.4, 0.5) is 4.39 Å². The van der Waals surface area contributed by atoms with Gasteiger partial charge in [0.2, 0.25) is 0 Å². The van der Waals surface area contributed by atoms with Crippen molar-refractivity contribution in [3.05, 3.63) is 132 Å². The summed E-state index contributed by atoms with van der Waals surface area (Å²) in [5, 5.41) is 12.8. The lowest BCUT2D eigenvalue weighted by Gasteiger charge is -2.28. The molecule has 0 unspecified atom stereocenters. The van der Waals surface area contributed by atoms with Crippen LogP contribution in [0.1, 0.15) is 11.4 Å². The summed E-state index contributed by atoms with van der Waals surface area (Å²) >= 11 is 0. The van der Waals surface area contributed by atoms with Gasteiger partial charge >= 0.3 is 0 Å². The molecule has 3 nitrogen and oxygen atoms in total. The molecule has 162 valence electrons. The third-order valence-electron chi connectivity index (χ3n) is 6.01. The SMILES string of the molecule is Cc1nnn(-c2ccc(F)cc2)c1C[P+](c1ccccc1)(c1ccccc1)c1ccccc1. The van der Waals surface area contributed by atoms with Crippen LogP contribution in [0.25, 0.3) is 5.69 Å². The summed E-state index contributed by atoms with van der Waals surface area (Å²) in [4.78, 5) is 0. The molecule has 0 fully saturated rings. The maximum absolute atomic E-state index is 13.6. The Labute approximate surface area is 193 Å². The molecule has 0 aliphatic heterocycles. The van der Waals surface area contributed by atoms with E-state index in [1.165, 1.54) is 28.0 Å². The summed E-state index contributed by atoms with van der Waals surface area (Å²) < 4.78 is 15.5. The first kappa shape index (κ1) is 21.2. The number of hydrogen-bond acceptors (Lipinski definition) is 2. The van der Waals surface area contributed by atoms with Crippen molar-refractivity contribution in [2.75, 3.05) is 0 Å². The fourth-order valence-electron chi connectivity index (χ4n) is 4.34. The van der Waals surface area contributed by atoms with Crippen molar-refractivity contribution in [3.8, 4) is 5.69 Å². The van der Waals surface area contributed by atoms with Crippen molar-refractivity contribution in [1.82, 2.24) is 15.0 Å². The zero-order valence-electron chi connectivity index (χ0n) is 18.3. The van der Waals surface area contributed by atoms with Crippen molar-refractivity contribution in [2.45, 2.75) is 13.1 Å². The highest BCUT2D eigenvalue weighted by Gasteiger charge is 2.46. The predicted octanol–water partition coefficient (Wildman–Crippen LogP) is 5.21. The molecule has 1 aromatic heterocycles. The molecule has 5 heteroatoms. The molecule has 0 saturated heterocycles. The van der Waals surface area contributed by atoms with Crippen LogP contribution in [-0.4, -0.2) is 15.0 Å². The lowest BCUT2D eigenvalue weighted by atomic mass is 10.3. The molecule has 0 N–H and O–H groups in total. The summed E-state index contributed by atoms with van der Waals surface area (Å²) in [5.74, 6) is -0.267. The fraction of sp³-hybridized carbons (Fsp3) is 0.0714. The van der Waals surface area contributed by atoms with Gasteiger partial charge in [0.1, 0.15) is 40.8 Å². The zero-order valence-corrected chi connectivity index (χ0v) is 19.2. The first-order valence-corrected chi connectivity index (χ1v) is 12.9. The molecule has 4 aromatic carbocycles. The van der Waals surface area contributed by atoms with Crippen molar-refractivity contribution < 1.29 is 4.39 Å². The first-order chi connectivity index (χ1) is 16.2. The monoisotopic (exact) mass is 452 g/mol. The van der Waals surface area contributed by atoms with Crippen LogP contribution < -0.4 is 15.9 Å². The van der Waals surface area contributed by atoms with E-state index in [0.29, 0.717) is 0 Å². The van der Waals surface area contributed by atoms with Crippen molar-refractivity contribution in [3.63, 3.8) is 0 Å². The normalized spacial score (nSPS) is 11.5. The second-order valence-electron chi connectivity index (χ2n) is 7.98. The number of halogens is 1. The van der Waals surface area contributed by atoms with E-state index in [9.17, 15) is 4.39 Å². The van der Waals surface area contributed by atoms with Gasteiger partial charge in [0, 0.05) is 0 Å². The topological polar surface area (TPSA) is 30.7 Å². The van der Waals surface area contributed by atoms with Crippen molar-refractivity contribution in [1.29, 1.82) is 0 Å². The highest BCUT2D eigenvalue weighted by Crippen LogP contribution is 2.58. The maximum Gasteiger partial charge on any atom is 0.123 e. The highest BCUT2D eigenvalue weighted by molar-refractivity contribution is 7.95. The molecule has 33 heavy (non-hydrogen) atoms. The van der Waals surface area contributed by atoms with E-state index in [1.54, 1.807) is 12.1 Å². The molecule has 1 heterocycles. The van der Waals surface area contributed by atoms with Crippen LogP contribution >= 0.6 is 7.26 Å². The van der Waals surface area contributed by atoms with Gasteiger partial charge in [-0.3, -0.25) is 0 Å². The second kappa shape index (κ2) is 9.09. The molecule has 5 aromatic rings. The van der Waals surface area contributed by atoms with E-state index in [2.05, 4.69) is 101 Å². The summed E-state index contributed by atoms with van der Waals surface area (Å²) in [6, 6.07) is 38.6. The van der Waals surface area contributed by atoms with E-state index < -0.39 is 7.26 Å². The minimum atomic E-state index is -2.10. The summed E-state index contributed by atoms with van der Waals surface area (Å²) in [6.45, 7) is 2.00. The minimum absolute atomic E-state index is 0.267. The number of aryl methyl sites for hydroxylation is 1. The maximum atomic E-state index is 13.6. The average Bonchev–Trinajstić information content (AvgIpc) is 3.24. The molecule has 0 atom stereocenters. The molecule has 0 amide bonds. The molecule has 0 radical (unpaired) electrons. The fourth-order valence-corrected chi connectivity index (χ4v) is 8.64. The Kier molecular flexibility index (Phi) is 5.85. The highest BCUT2D eigenvalue weighted by atomic mass is 31.2. The predicted molar refractivity (Wildman–Crippen MR) is 135 cm³/mol. The van der Waals surface area contributed by atoms with E-state index >= 15 is 0 Å². The van der Waals surface area contributed by atoms with Crippen LogP contribution in [0.5, 0.6) is 0 Å². The minimum Gasteiger partial charge on any atom is -0.214 e. The van der Waals surface area contributed by atoms with Gasteiger partial charge in [0.15, 0.2) is 0 Å². The van der Waals surface area contributed by atoms with Crippen LogP contribution in [0.3, 0.4) is 0 Å².